The van der Waals surface area contributed by atoms with Crippen LogP contribution in [-0.2, 0) is 36.9 Å². The molecule has 17 nitrogen and oxygen atoms in total. The Balaban J connectivity index is 0.000000172. The Labute approximate surface area is 560 Å². The second kappa shape index (κ2) is 38.2. The van der Waals surface area contributed by atoms with Crippen LogP contribution in [-0.4, -0.2) is 235 Å². The number of likely N-dealkylation sites (tertiary alicyclic amines) is 3. The number of nitrogens with zero attached hydrogens (tertiary/aromatic N) is 12. The third-order valence-corrected chi connectivity index (χ3v) is 21.3. The van der Waals surface area contributed by atoms with Crippen molar-refractivity contribution in [1.29, 1.82) is 0 Å². The second-order valence-corrected chi connectivity index (χ2v) is 30.9. The molecule has 0 bridgehead atoms. The van der Waals surface area contributed by atoms with Crippen LogP contribution in [0.25, 0.3) is 0 Å². The predicted molar refractivity (Wildman–Crippen MR) is 378 cm³/mol. The van der Waals surface area contributed by atoms with Crippen molar-refractivity contribution < 1.29 is 23.8 Å². The zero-order valence-corrected chi connectivity index (χ0v) is 60.4. The number of hydrogen-bond donors (Lipinski definition) is 0. The molecule has 7 fully saturated rings. The number of anilines is 2. The fourth-order valence-electron chi connectivity index (χ4n) is 13.0. The van der Waals surface area contributed by atoms with Gasteiger partial charge in [0.05, 0.1) is 63.2 Å². The third kappa shape index (κ3) is 24.5. The summed E-state index contributed by atoms with van der Waals surface area (Å²) in [7, 11) is 0. The minimum atomic E-state index is 0. The number of fused-ring (bicyclic) bond motifs is 1. The summed E-state index contributed by atoms with van der Waals surface area (Å²) >= 11 is 8.87. The Morgan fingerprint density at radius 1 is 0.578 bits per heavy atom. The largest absolute Gasteiger partial charge is 0.392 e. The number of ether oxygens (including phenoxy) is 4. The van der Waals surface area contributed by atoms with E-state index in [2.05, 4.69) is 186 Å². The monoisotopic (exact) mass is 1310 g/mol. The minimum Gasteiger partial charge on any atom is -0.392 e. The maximum absolute atomic E-state index is 6.01. The van der Waals surface area contributed by atoms with Gasteiger partial charge in [0, 0.05) is 156 Å². The molecule has 0 amide bonds. The van der Waals surface area contributed by atoms with Crippen molar-refractivity contribution in [3.8, 4) is 0 Å². The first kappa shape index (κ1) is 76.4. The lowest BCUT2D eigenvalue weighted by molar-refractivity contribution is -0.153. The van der Waals surface area contributed by atoms with Crippen LogP contribution in [0.2, 0.25) is 5.15 Å². The van der Waals surface area contributed by atoms with Crippen LogP contribution >= 0.6 is 34.7 Å². The molecule has 12 rings (SSSR count). The quantitative estimate of drug-likeness (QED) is 0.135. The maximum Gasteiger partial charge on any atom is 0.187 e. The van der Waals surface area contributed by atoms with Gasteiger partial charge in [-0.25, -0.2) is 4.98 Å². The summed E-state index contributed by atoms with van der Waals surface area (Å²) in [6.45, 7) is 58.2. The van der Waals surface area contributed by atoms with E-state index >= 15 is 0 Å². The molecule has 1 atom stereocenters. The number of halogens is 1. The highest BCUT2D eigenvalue weighted by Gasteiger charge is 2.37. The number of piperazine rings is 2. The van der Waals surface area contributed by atoms with Crippen molar-refractivity contribution in [1.82, 2.24) is 43.1 Å². The highest BCUT2D eigenvalue weighted by Crippen LogP contribution is 2.32. The van der Waals surface area contributed by atoms with Crippen LogP contribution in [0.4, 0.5) is 10.9 Å². The lowest BCUT2D eigenvalue weighted by Gasteiger charge is -2.40. The summed E-state index contributed by atoms with van der Waals surface area (Å²) in [4.78, 5) is 29.5. The number of oxime groups is 1. The molecule has 90 heavy (non-hydrogen) atoms. The van der Waals surface area contributed by atoms with Gasteiger partial charge in [0.2, 0.25) is 0 Å². The molecular weight excluding hydrogens is 1190 g/mol. The zero-order chi connectivity index (χ0) is 64.1. The molecule has 0 saturated carbocycles. The molecule has 514 valence electrons. The standard InChI is InChI=1S/C14H27NO2.C13H25NO2.C12H22N2O.C11H15N.C10H17N3S.C9H15ClN4S.CH4/c1-12(2)15-6-4-13(5-7-15)8-16-9-14(3)10-17-11-14;1-11(2)14-6-4-12(5-7-14)16-10-13(3)8-15-9-13;1-9(2)14-6-4-11(5-7-14)12-8-10(3)13-15-12;1-9(2)12-7-10-5-3-4-6-11(10)8-12;1-9(2)12-4-6-13(7-5-12)10-11-3-8-14-10;1-7(2)13-3-5-14(6-4-13)9-8(10)11-15-12-9;/h12-13H,4-11H2,1-3H3;11-12H,4-10H2,1-3H3;9,11-12H,4-8H2,1-3H3;3-6,9H,7-8H2,1-2H3;3,8-9H,4-7H2,1-2H3;7H,3-6H2,1-2H3;1H4. The number of thiazole rings is 1. The van der Waals surface area contributed by atoms with Gasteiger partial charge >= 0.3 is 0 Å². The first-order chi connectivity index (χ1) is 42.6. The van der Waals surface area contributed by atoms with Gasteiger partial charge in [-0.3, -0.25) is 14.7 Å². The summed E-state index contributed by atoms with van der Waals surface area (Å²) in [5.74, 6) is 2.35. The van der Waals surface area contributed by atoms with Crippen molar-refractivity contribution in [3.63, 3.8) is 0 Å². The summed E-state index contributed by atoms with van der Waals surface area (Å²) in [6, 6.07) is 12.7. The summed E-state index contributed by atoms with van der Waals surface area (Å²) in [5.41, 5.74) is 4.78. The van der Waals surface area contributed by atoms with E-state index in [0.717, 1.165) is 141 Å². The van der Waals surface area contributed by atoms with Gasteiger partial charge in [-0.1, -0.05) is 62.3 Å². The van der Waals surface area contributed by atoms with Crippen molar-refractivity contribution >= 4 is 51.3 Å². The van der Waals surface area contributed by atoms with E-state index in [9.17, 15) is 0 Å². The molecule has 9 aliphatic rings. The average Bonchev–Trinajstić information content (AvgIpc) is 2.28. The molecular formula is C70H125ClN12O5S2. The number of hydrogen-bond acceptors (Lipinski definition) is 19. The van der Waals surface area contributed by atoms with E-state index < -0.39 is 0 Å². The topological polar surface area (TPSA) is 123 Å². The maximum atomic E-state index is 6.01. The van der Waals surface area contributed by atoms with Gasteiger partial charge in [0.25, 0.3) is 0 Å². The SMILES string of the molecule is C.CC(C)N1CCC(COCC2(C)COC2)CC1.CC(C)N1CCC(OCC2(C)COC2)CC1.CC(C)N1CCN(c2nccs2)CC1.CC(C)N1CCN(c2nsnc2Cl)CC1.CC(C)N1Cc2ccccc2C1.CC1=NOC(C2CCN(C(C)C)CC2)C1. The van der Waals surface area contributed by atoms with Crippen LogP contribution in [0.5, 0.6) is 0 Å². The first-order valence-corrected chi connectivity index (χ1v) is 36.5. The highest BCUT2D eigenvalue weighted by molar-refractivity contribution is 7.13. The van der Waals surface area contributed by atoms with Crippen LogP contribution in [0.3, 0.4) is 0 Å². The molecule has 1 unspecified atom stereocenters. The second-order valence-electron chi connectivity index (χ2n) is 29.2. The Kier molecular flexibility index (Phi) is 32.4. The predicted octanol–water partition coefficient (Wildman–Crippen LogP) is 12.8. The van der Waals surface area contributed by atoms with E-state index in [0.29, 0.717) is 64.4 Å². The Morgan fingerprint density at radius 2 is 1.03 bits per heavy atom. The lowest BCUT2D eigenvalue weighted by atomic mass is 9.88. The van der Waals surface area contributed by atoms with Gasteiger partial charge in [0.1, 0.15) is 6.10 Å². The van der Waals surface area contributed by atoms with Crippen molar-refractivity contribution in [2.75, 3.05) is 148 Å². The van der Waals surface area contributed by atoms with E-state index in [1.165, 1.54) is 106 Å². The van der Waals surface area contributed by atoms with E-state index in [-0.39, 0.29) is 7.43 Å². The molecule has 0 spiro atoms. The van der Waals surface area contributed by atoms with Gasteiger partial charge < -0.3 is 48.3 Å². The Bertz CT molecular complexity index is 2400. The summed E-state index contributed by atoms with van der Waals surface area (Å²) in [5, 5.41) is 7.81. The summed E-state index contributed by atoms with van der Waals surface area (Å²) in [6.07, 6.45) is 11.3. The zero-order valence-electron chi connectivity index (χ0n) is 58.1. The van der Waals surface area contributed by atoms with Gasteiger partial charge in [0.15, 0.2) is 16.1 Å². The van der Waals surface area contributed by atoms with E-state index in [1.807, 2.05) is 11.6 Å². The molecule has 11 heterocycles. The van der Waals surface area contributed by atoms with E-state index in [1.54, 1.807) is 11.3 Å². The van der Waals surface area contributed by atoms with Gasteiger partial charge in [-0.15, -0.1) is 11.3 Å². The molecule has 0 N–H and O–H groups in total. The fraction of sp³-hybridized carbons (Fsp3) is 0.829. The molecule has 0 aliphatic carbocycles. The fourth-order valence-corrected chi connectivity index (χ4v) is 14.5. The molecule has 9 aliphatic heterocycles. The van der Waals surface area contributed by atoms with Gasteiger partial charge in [-0.05, 0) is 172 Å². The average molecular weight is 1310 g/mol. The smallest absolute Gasteiger partial charge is 0.187 e. The molecule has 2 aromatic heterocycles. The number of rotatable bonds is 16. The third-order valence-electron chi connectivity index (χ3n) is 19.6. The highest BCUT2D eigenvalue weighted by atomic mass is 35.5. The normalized spacial score (nSPS) is 23.0. The van der Waals surface area contributed by atoms with Crippen molar-refractivity contribution in [2.24, 2.45) is 27.8 Å². The molecule has 7 saturated heterocycles. The lowest BCUT2D eigenvalue weighted by Crippen LogP contribution is -2.49. The molecule has 20 heteroatoms. The van der Waals surface area contributed by atoms with Crippen LogP contribution in [0, 0.1) is 22.7 Å². The van der Waals surface area contributed by atoms with Crippen LogP contribution in [0.1, 0.15) is 167 Å². The first-order valence-electron chi connectivity index (χ1n) is 34.5. The molecule has 0 radical (unpaired) electrons. The number of benzene rings is 1. The van der Waals surface area contributed by atoms with E-state index in [4.69, 9.17) is 35.4 Å². The van der Waals surface area contributed by atoms with Crippen molar-refractivity contribution in [2.45, 2.75) is 218 Å². The number of piperidine rings is 3. The van der Waals surface area contributed by atoms with Gasteiger partial charge in [-0.2, -0.15) is 8.75 Å². The molecule has 3 aromatic rings. The minimum absolute atomic E-state index is 0. The summed E-state index contributed by atoms with van der Waals surface area (Å²) < 4.78 is 30.6. The van der Waals surface area contributed by atoms with Crippen molar-refractivity contribution in [3.05, 3.63) is 52.1 Å². The number of aromatic nitrogens is 3. The molecule has 1 aromatic carbocycles. The van der Waals surface area contributed by atoms with Crippen LogP contribution < -0.4 is 9.80 Å². The van der Waals surface area contributed by atoms with Crippen LogP contribution in [0.15, 0.2) is 41.0 Å². The Morgan fingerprint density at radius 3 is 1.44 bits per heavy atom. The Hall–Kier alpha value is -2.63.